The molecule has 0 aliphatic rings. The fourth-order valence-corrected chi connectivity index (χ4v) is 2.39. The van der Waals surface area contributed by atoms with Crippen LogP contribution in [0.3, 0.4) is 0 Å². The molecule has 0 atom stereocenters. The Balaban J connectivity index is 0.00000312. The van der Waals surface area contributed by atoms with Crippen molar-refractivity contribution in [3.8, 4) is 0 Å². The first-order valence-electron chi connectivity index (χ1n) is 8.30. The third kappa shape index (κ3) is 6.30. The Morgan fingerprint density at radius 3 is 2.64 bits per heavy atom. The van der Waals surface area contributed by atoms with Gasteiger partial charge in [-0.25, -0.2) is 0 Å². The Hall–Kier alpha value is -1.64. The maximum absolute atomic E-state index is 5.26. The van der Waals surface area contributed by atoms with Crippen LogP contribution >= 0.6 is 24.0 Å². The predicted octanol–water partition coefficient (Wildman–Crippen LogP) is 3.37. The van der Waals surface area contributed by atoms with E-state index in [1.807, 2.05) is 7.05 Å². The lowest BCUT2D eigenvalue weighted by Gasteiger charge is -2.22. The van der Waals surface area contributed by atoms with Gasteiger partial charge >= 0.3 is 0 Å². The zero-order chi connectivity index (χ0) is 17.5. The van der Waals surface area contributed by atoms with Gasteiger partial charge in [0.2, 0.25) is 5.89 Å². The Kier molecular flexibility index (Phi) is 8.88. The van der Waals surface area contributed by atoms with Crippen LogP contribution in [0, 0.1) is 6.92 Å². The highest BCUT2D eigenvalue weighted by Gasteiger charge is 2.11. The van der Waals surface area contributed by atoms with Gasteiger partial charge in [0.1, 0.15) is 0 Å². The summed E-state index contributed by atoms with van der Waals surface area (Å²) in [6.45, 7) is 7.74. The lowest BCUT2D eigenvalue weighted by Crippen LogP contribution is -2.39. The lowest BCUT2D eigenvalue weighted by molar-refractivity contribution is 0.370. The number of rotatable bonds is 6. The molecule has 1 aromatic heterocycles. The minimum atomic E-state index is 0. The monoisotopic (exact) mass is 457 g/mol. The van der Waals surface area contributed by atoms with Crippen molar-refractivity contribution < 1.29 is 4.52 Å². The van der Waals surface area contributed by atoms with Crippen LogP contribution in [0.2, 0.25) is 0 Å². The summed E-state index contributed by atoms with van der Waals surface area (Å²) < 4.78 is 5.26. The molecule has 1 N–H and O–H groups in total. The number of halogens is 1. The van der Waals surface area contributed by atoms with Gasteiger partial charge in [0.25, 0.3) is 0 Å². The van der Waals surface area contributed by atoms with Gasteiger partial charge in [-0.3, -0.25) is 4.99 Å². The van der Waals surface area contributed by atoms with Gasteiger partial charge in [-0.05, 0) is 18.1 Å². The number of guanidine groups is 1. The van der Waals surface area contributed by atoms with Gasteiger partial charge < -0.3 is 14.7 Å². The molecule has 1 aromatic carbocycles. The summed E-state index contributed by atoms with van der Waals surface area (Å²) in [5, 5.41) is 7.32. The van der Waals surface area contributed by atoms with Gasteiger partial charge in [0.05, 0.1) is 0 Å². The number of nitrogens with zero attached hydrogens (tertiary/aromatic N) is 4. The lowest BCUT2D eigenvalue weighted by atomic mass is 10.1. The zero-order valence-corrected chi connectivity index (χ0v) is 17.9. The van der Waals surface area contributed by atoms with E-state index in [4.69, 9.17) is 4.52 Å². The molecule has 25 heavy (non-hydrogen) atoms. The van der Waals surface area contributed by atoms with Crippen molar-refractivity contribution in [1.29, 1.82) is 0 Å². The molecule has 2 aromatic rings. The normalized spacial score (nSPS) is 11.4. The largest absolute Gasteiger partial charge is 0.356 e. The van der Waals surface area contributed by atoms with Crippen LogP contribution in [0.25, 0.3) is 0 Å². The van der Waals surface area contributed by atoms with E-state index in [0.717, 1.165) is 18.3 Å². The van der Waals surface area contributed by atoms with E-state index >= 15 is 0 Å². The maximum Gasteiger partial charge on any atom is 0.228 e. The van der Waals surface area contributed by atoms with E-state index in [2.05, 4.69) is 70.4 Å². The highest BCUT2D eigenvalue weighted by Crippen LogP contribution is 2.10. The molecule has 0 bridgehead atoms. The number of aryl methyl sites for hydroxylation is 1. The number of nitrogens with one attached hydrogen (secondary N) is 1. The smallest absolute Gasteiger partial charge is 0.228 e. The second-order valence-electron chi connectivity index (χ2n) is 6.21. The first-order chi connectivity index (χ1) is 11.5. The number of aliphatic imine (C=N–C) groups is 1. The molecule has 2 rings (SSSR count). The second-order valence-corrected chi connectivity index (χ2v) is 6.21. The molecule has 7 heteroatoms. The first-order valence-corrected chi connectivity index (χ1v) is 8.30. The van der Waals surface area contributed by atoms with Crippen molar-refractivity contribution >= 4 is 29.9 Å². The van der Waals surface area contributed by atoms with Gasteiger partial charge in [-0.2, -0.15) is 4.98 Å². The van der Waals surface area contributed by atoms with Gasteiger partial charge in [-0.15, -0.1) is 24.0 Å². The molecule has 0 aliphatic heterocycles. The van der Waals surface area contributed by atoms with Gasteiger partial charge in [-0.1, -0.05) is 43.3 Å². The van der Waals surface area contributed by atoms with Crippen LogP contribution < -0.4 is 5.32 Å². The van der Waals surface area contributed by atoms with Gasteiger partial charge in [0.15, 0.2) is 11.8 Å². The van der Waals surface area contributed by atoms with E-state index in [-0.39, 0.29) is 29.9 Å². The number of hydrogen-bond donors (Lipinski definition) is 1. The Morgan fingerprint density at radius 2 is 2.04 bits per heavy atom. The highest BCUT2D eigenvalue weighted by molar-refractivity contribution is 14.0. The maximum atomic E-state index is 5.26. The average molecular weight is 457 g/mol. The van der Waals surface area contributed by atoms with Crippen molar-refractivity contribution in [2.75, 3.05) is 20.6 Å². The van der Waals surface area contributed by atoms with Crippen molar-refractivity contribution in [1.82, 2.24) is 20.4 Å². The summed E-state index contributed by atoms with van der Waals surface area (Å²) in [7, 11) is 3.82. The van der Waals surface area contributed by atoms with E-state index in [0.29, 0.717) is 18.9 Å². The van der Waals surface area contributed by atoms with Crippen molar-refractivity contribution in [2.24, 2.45) is 4.99 Å². The molecular weight excluding hydrogens is 429 g/mol. The molecule has 1 heterocycles. The van der Waals surface area contributed by atoms with Crippen molar-refractivity contribution in [3.63, 3.8) is 0 Å². The van der Waals surface area contributed by atoms with Crippen LogP contribution in [0.15, 0.2) is 33.8 Å². The zero-order valence-electron chi connectivity index (χ0n) is 15.6. The molecule has 0 fully saturated rings. The average Bonchev–Trinajstić information content (AvgIpc) is 3.03. The van der Waals surface area contributed by atoms with Crippen LogP contribution in [-0.2, 0) is 13.0 Å². The number of aromatic nitrogens is 2. The molecule has 0 amide bonds. The summed E-state index contributed by atoms with van der Waals surface area (Å²) in [6, 6.07) is 8.39. The molecule has 0 unspecified atom stereocenters. The molecule has 0 spiro atoms. The molecule has 0 aliphatic carbocycles. The summed E-state index contributed by atoms with van der Waals surface area (Å²) in [5.41, 5.74) is 2.58. The molecule has 0 radical (unpaired) electrons. The van der Waals surface area contributed by atoms with Crippen molar-refractivity contribution in [2.45, 2.75) is 39.7 Å². The summed E-state index contributed by atoms with van der Waals surface area (Å²) in [4.78, 5) is 10.8. The quantitative estimate of drug-likeness (QED) is 0.410. The summed E-state index contributed by atoms with van der Waals surface area (Å²) in [6.07, 6.45) is 0.678. The fourth-order valence-electron chi connectivity index (χ4n) is 2.39. The molecule has 0 saturated carbocycles. The topological polar surface area (TPSA) is 66.5 Å². The van der Waals surface area contributed by atoms with Crippen LogP contribution in [0.4, 0.5) is 0 Å². The van der Waals surface area contributed by atoms with Gasteiger partial charge in [0, 0.05) is 39.5 Å². The molecular formula is C18H28IN5O. The number of benzene rings is 1. The van der Waals surface area contributed by atoms with E-state index < -0.39 is 0 Å². The number of hydrogen-bond acceptors (Lipinski definition) is 4. The minimum absolute atomic E-state index is 0. The highest BCUT2D eigenvalue weighted by atomic mass is 127. The second kappa shape index (κ2) is 10.4. The molecule has 6 nitrogen and oxygen atoms in total. The Labute approximate surface area is 167 Å². The minimum Gasteiger partial charge on any atom is -0.356 e. The third-order valence-electron chi connectivity index (χ3n) is 3.86. The standard InChI is InChI=1S/C18H27N5O.HI/c1-13(2)17-21-16(24-22-17)10-11-20-18(19-4)23(5)12-15-9-7-6-8-14(15)3;/h6-9,13H,10-12H2,1-5H3,(H,19,20);1H. The van der Waals surface area contributed by atoms with Crippen LogP contribution in [0.1, 0.15) is 42.6 Å². The fraction of sp³-hybridized carbons (Fsp3) is 0.500. The van der Waals surface area contributed by atoms with Crippen LogP contribution in [0.5, 0.6) is 0 Å². The van der Waals surface area contributed by atoms with E-state index in [9.17, 15) is 0 Å². The Morgan fingerprint density at radius 1 is 1.32 bits per heavy atom. The third-order valence-corrected chi connectivity index (χ3v) is 3.86. The summed E-state index contributed by atoms with van der Waals surface area (Å²) in [5.74, 6) is 2.54. The first kappa shape index (κ1) is 21.4. The Bertz CT molecular complexity index is 684. The van der Waals surface area contributed by atoms with E-state index in [1.165, 1.54) is 11.1 Å². The van der Waals surface area contributed by atoms with Crippen LogP contribution in [-0.4, -0.2) is 41.6 Å². The predicted molar refractivity (Wildman–Crippen MR) is 112 cm³/mol. The van der Waals surface area contributed by atoms with E-state index in [1.54, 1.807) is 7.05 Å². The molecule has 138 valence electrons. The SMILES string of the molecule is CN=C(NCCc1nc(C(C)C)no1)N(C)Cc1ccccc1C.I. The van der Waals surface area contributed by atoms with Crippen molar-refractivity contribution in [3.05, 3.63) is 47.1 Å². The summed E-state index contributed by atoms with van der Waals surface area (Å²) >= 11 is 0. The molecule has 0 saturated heterocycles.